The lowest BCUT2D eigenvalue weighted by Crippen LogP contribution is -2.01. The van der Waals surface area contributed by atoms with Crippen LogP contribution < -0.4 is 0 Å². The molecule has 0 atom stereocenters. The van der Waals surface area contributed by atoms with E-state index in [0.29, 0.717) is 12.8 Å². The van der Waals surface area contributed by atoms with E-state index in [1.54, 1.807) is 0 Å². The minimum Gasteiger partial charge on any atom is -0.294 e. The van der Waals surface area contributed by atoms with Gasteiger partial charge < -0.3 is 0 Å². The van der Waals surface area contributed by atoms with Crippen LogP contribution in [0.25, 0.3) is 0 Å². The van der Waals surface area contributed by atoms with Gasteiger partial charge in [-0.25, -0.2) is 0 Å². The second-order valence-corrected chi connectivity index (χ2v) is 3.10. The Morgan fingerprint density at radius 1 is 1.53 bits per heavy atom. The fraction of sp³-hybridized carbons (Fsp3) is 0.300. The molecule has 0 aliphatic heterocycles. The lowest BCUT2D eigenvalue weighted by atomic mass is 10.1. The highest BCUT2D eigenvalue weighted by molar-refractivity contribution is 5.96. The standard InChI is InChI=1S/C10H10FNO3/c1-2-3-10(13)7-4-5-8(11)9(6-7)12(14)15/h4-6H,2-3H2,1H3. The first-order valence-electron chi connectivity index (χ1n) is 4.53. The average Bonchev–Trinajstić information content (AvgIpc) is 2.18. The molecule has 0 aliphatic carbocycles. The molecule has 80 valence electrons. The maximum Gasteiger partial charge on any atom is 0.305 e. The number of nitro benzene ring substituents is 1. The van der Waals surface area contributed by atoms with Gasteiger partial charge in [0.15, 0.2) is 5.78 Å². The third kappa shape index (κ3) is 2.59. The van der Waals surface area contributed by atoms with Crippen LogP contribution in [0, 0.1) is 15.9 Å². The van der Waals surface area contributed by atoms with Gasteiger partial charge in [-0.3, -0.25) is 14.9 Å². The van der Waals surface area contributed by atoms with Gasteiger partial charge in [0.05, 0.1) is 4.92 Å². The molecular weight excluding hydrogens is 201 g/mol. The molecular formula is C10H10FNO3. The number of Topliss-reactive ketones (excluding diaryl/α,β-unsaturated/α-hetero) is 1. The number of benzene rings is 1. The predicted molar refractivity (Wildman–Crippen MR) is 52.3 cm³/mol. The molecule has 1 rings (SSSR count). The van der Waals surface area contributed by atoms with Crippen molar-refractivity contribution >= 4 is 11.5 Å². The number of hydrogen-bond acceptors (Lipinski definition) is 3. The van der Waals surface area contributed by atoms with E-state index in [0.717, 1.165) is 12.1 Å². The monoisotopic (exact) mass is 211 g/mol. The van der Waals surface area contributed by atoms with Gasteiger partial charge in [-0.1, -0.05) is 6.92 Å². The van der Waals surface area contributed by atoms with Gasteiger partial charge in [-0.05, 0) is 18.6 Å². The van der Waals surface area contributed by atoms with Crippen molar-refractivity contribution in [1.82, 2.24) is 0 Å². The molecule has 1 aromatic rings. The van der Waals surface area contributed by atoms with Crippen LogP contribution in [0.2, 0.25) is 0 Å². The highest BCUT2D eigenvalue weighted by Crippen LogP contribution is 2.19. The first-order chi connectivity index (χ1) is 7.06. The van der Waals surface area contributed by atoms with Gasteiger partial charge in [0, 0.05) is 18.1 Å². The van der Waals surface area contributed by atoms with E-state index in [1.165, 1.54) is 6.07 Å². The summed E-state index contributed by atoms with van der Waals surface area (Å²) in [4.78, 5) is 21.0. The quantitative estimate of drug-likeness (QED) is 0.437. The summed E-state index contributed by atoms with van der Waals surface area (Å²) in [6.07, 6.45) is 0.965. The number of halogens is 1. The number of ketones is 1. The number of carbonyl (C=O) groups is 1. The summed E-state index contributed by atoms with van der Waals surface area (Å²) in [7, 11) is 0. The van der Waals surface area contributed by atoms with Crippen LogP contribution in [0.15, 0.2) is 18.2 Å². The van der Waals surface area contributed by atoms with E-state index >= 15 is 0 Å². The summed E-state index contributed by atoms with van der Waals surface area (Å²) in [6, 6.07) is 3.19. The van der Waals surface area contributed by atoms with Gasteiger partial charge in [0.2, 0.25) is 5.82 Å². The number of nitrogens with zero attached hydrogens (tertiary/aromatic N) is 1. The third-order valence-electron chi connectivity index (χ3n) is 1.94. The van der Waals surface area contributed by atoms with Crippen LogP contribution in [0.3, 0.4) is 0 Å². The number of carbonyl (C=O) groups excluding carboxylic acids is 1. The van der Waals surface area contributed by atoms with E-state index in [-0.39, 0.29) is 11.3 Å². The Morgan fingerprint density at radius 2 is 2.20 bits per heavy atom. The lowest BCUT2D eigenvalue weighted by Gasteiger charge is -1.99. The number of nitro groups is 1. The smallest absolute Gasteiger partial charge is 0.294 e. The van der Waals surface area contributed by atoms with Gasteiger partial charge >= 0.3 is 5.69 Å². The lowest BCUT2D eigenvalue weighted by molar-refractivity contribution is -0.387. The fourth-order valence-electron chi connectivity index (χ4n) is 1.20. The Hall–Kier alpha value is -1.78. The van der Waals surface area contributed by atoms with Crippen LogP contribution in [0.5, 0.6) is 0 Å². The Kier molecular flexibility index (Phi) is 3.49. The van der Waals surface area contributed by atoms with E-state index in [4.69, 9.17) is 0 Å². The predicted octanol–water partition coefficient (Wildman–Crippen LogP) is 2.72. The summed E-state index contributed by atoms with van der Waals surface area (Å²) >= 11 is 0. The van der Waals surface area contributed by atoms with Gasteiger partial charge in [-0.15, -0.1) is 0 Å². The zero-order valence-corrected chi connectivity index (χ0v) is 8.20. The summed E-state index contributed by atoms with van der Waals surface area (Å²) < 4.78 is 12.9. The average molecular weight is 211 g/mol. The highest BCUT2D eigenvalue weighted by Gasteiger charge is 2.16. The summed E-state index contributed by atoms with van der Waals surface area (Å²) in [5.41, 5.74) is -0.470. The molecule has 0 amide bonds. The third-order valence-corrected chi connectivity index (χ3v) is 1.94. The number of hydrogen-bond donors (Lipinski definition) is 0. The first kappa shape index (κ1) is 11.3. The molecule has 0 saturated carbocycles. The van der Waals surface area contributed by atoms with Gasteiger partial charge in [-0.2, -0.15) is 4.39 Å². The largest absolute Gasteiger partial charge is 0.305 e. The molecule has 15 heavy (non-hydrogen) atoms. The van der Waals surface area contributed by atoms with Crippen LogP contribution in [-0.4, -0.2) is 10.7 Å². The molecule has 0 fully saturated rings. The van der Waals surface area contributed by atoms with Crippen molar-refractivity contribution in [1.29, 1.82) is 0 Å². The highest BCUT2D eigenvalue weighted by atomic mass is 19.1. The van der Waals surface area contributed by atoms with Crippen LogP contribution in [0.4, 0.5) is 10.1 Å². The minimum atomic E-state index is -0.923. The zero-order valence-electron chi connectivity index (χ0n) is 8.20. The molecule has 0 heterocycles. The van der Waals surface area contributed by atoms with E-state index in [9.17, 15) is 19.3 Å². The topological polar surface area (TPSA) is 60.2 Å². The molecule has 0 spiro atoms. The second kappa shape index (κ2) is 4.63. The van der Waals surface area contributed by atoms with Gasteiger partial charge in [0.25, 0.3) is 0 Å². The maximum absolute atomic E-state index is 12.9. The molecule has 0 aromatic heterocycles. The maximum atomic E-state index is 12.9. The minimum absolute atomic E-state index is 0.185. The molecule has 4 nitrogen and oxygen atoms in total. The first-order valence-corrected chi connectivity index (χ1v) is 4.53. The van der Waals surface area contributed by atoms with Crippen molar-refractivity contribution in [3.63, 3.8) is 0 Å². The Bertz CT molecular complexity index is 404. The van der Waals surface area contributed by atoms with E-state index < -0.39 is 16.4 Å². The molecule has 5 heteroatoms. The summed E-state index contributed by atoms with van der Waals surface area (Å²) in [5.74, 6) is -1.13. The van der Waals surface area contributed by atoms with Crippen LogP contribution in [-0.2, 0) is 0 Å². The zero-order chi connectivity index (χ0) is 11.4. The van der Waals surface area contributed by atoms with Crippen LogP contribution >= 0.6 is 0 Å². The normalized spacial score (nSPS) is 10.0. The fourth-order valence-corrected chi connectivity index (χ4v) is 1.20. The second-order valence-electron chi connectivity index (χ2n) is 3.10. The van der Waals surface area contributed by atoms with Crippen molar-refractivity contribution in [2.75, 3.05) is 0 Å². The van der Waals surface area contributed by atoms with Crippen molar-refractivity contribution in [2.24, 2.45) is 0 Å². The summed E-state index contributed by atoms with van der Waals surface area (Å²) in [5, 5.41) is 10.4. The molecule has 0 radical (unpaired) electrons. The molecule has 0 aliphatic rings. The van der Waals surface area contributed by atoms with Gasteiger partial charge in [0.1, 0.15) is 0 Å². The Morgan fingerprint density at radius 3 is 2.73 bits per heavy atom. The summed E-state index contributed by atoms with van der Waals surface area (Å²) in [6.45, 7) is 1.83. The molecule has 0 bridgehead atoms. The van der Waals surface area contributed by atoms with E-state index in [2.05, 4.69) is 0 Å². The molecule has 0 saturated heterocycles. The SMILES string of the molecule is CCCC(=O)c1ccc(F)c([N+](=O)[O-])c1. The van der Waals surface area contributed by atoms with Crippen molar-refractivity contribution in [3.05, 3.63) is 39.7 Å². The number of rotatable bonds is 4. The van der Waals surface area contributed by atoms with Crippen molar-refractivity contribution in [3.8, 4) is 0 Å². The van der Waals surface area contributed by atoms with Crippen molar-refractivity contribution < 1.29 is 14.1 Å². The van der Waals surface area contributed by atoms with E-state index in [1.807, 2.05) is 6.92 Å². The molecule has 0 unspecified atom stereocenters. The van der Waals surface area contributed by atoms with Crippen molar-refractivity contribution in [2.45, 2.75) is 19.8 Å². The van der Waals surface area contributed by atoms with Crippen LogP contribution in [0.1, 0.15) is 30.1 Å². The Balaban J connectivity index is 3.07. The molecule has 0 N–H and O–H groups in total. The molecule has 1 aromatic carbocycles. The Labute approximate surface area is 85.9 Å².